The third-order valence-corrected chi connectivity index (χ3v) is 8.42. The Morgan fingerprint density at radius 3 is 2.49 bits per heavy atom. The normalized spacial score (nSPS) is 13.7. The second-order valence-corrected chi connectivity index (χ2v) is 10.9. The van der Waals surface area contributed by atoms with Gasteiger partial charge in [0.05, 0.1) is 22.1 Å². The molecule has 15 heteroatoms. The Hall–Kier alpha value is -3.33. The molecule has 0 aromatic carbocycles. The molecule has 4 aromatic rings. The number of rotatable bonds is 9. The molecule has 1 aliphatic rings. The summed E-state index contributed by atoms with van der Waals surface area (Å²) in [6.07, 6.45) is -2.65. The fourth-order valence-electron chi connectivity index (χ4n) is 4.56. The molecule has 4 heterocycles. The minimum atomic E-state index is -2.89. The van der Waals surface area contributed by atoms with Crippen LogP contribution in [-0.2, 0) is 17.9 Å². The zero-order valence-electron chi connectivity index (χ0n) is 20.6. The molecular formula is C24H22BrF4N7O2S. The second-order valence-electron chi connectivity index (χ2n) is 9.07. The number of nitrogens with two attached hydrogens (primary N) is 1. The Kier molecular flexibility index (Phi) is 7.22. The number of hydrogen-bond acceptors (Lipinski definition) is 6. The van der Waals surface area contributed by atoms with Crippen LogP contribution >= 0.6 is 27.3 Å². The van der Waals surface area contributed by atoms with Crippen LogP contribution in [0.2, 0.25) is 0 Å². The number of pyridine rings is 1. The highest BCUT2D eigenvalue weighted by molar-refractivity contribution is 9.10. The smallest absolute Gasteiger partial charge is 0.283 e. The van der Waals surface area contributed by atoms with E-state index in [1.165, 1.54) is 16.9 Å². The van der Waals surface area contributed by atoms with Gasteiger partial charge < -0.3 is 11.1 Å². The maximum atomic E-state index is 13.8. The molecule has 1 aliphatic carbocycles. The molecule has 1 saturated carbocycles. The van der Waals surface area contributed by atoms with E-state index in [1.54, 1.807) is 11.6 Å². The maximum Gasteiger partial charge on any atom is 0.283 e. The monoisotopic (exact) mass is 627 g/mol. The molecule has 0 bridgehead atoms. The van der Waals surface area contributed by atoms with E-state index >= 15 is 0 Å². The molecular weight excluding hydrogens is 606 g/mol. The average molecular weight is 628 g/mol. The molecule has 39 heavy (non-hydrogen) atoms. The number of carbonyl (C=O) groups excluding carboxylic acids is 2. The van der Waals surface area contributed by atoms with Crippen molar-refractivity contribution >= 4 is 55.0 Å². The van der Waals surface area contributed by atoms with E-state index in [4.69, 9.17) is 5.73 Å². The van der Waals surface area contributed by atoms with Crippen molar-refractivity contribution in [2.45, 2.75) is 58.5 Å². The minimum Gasteiger partial charge on any atom is -0.365 e. The molecule has 3 N–H and O–H groups in total. The molecule has 9 nitrogen and oxygen atoms in total. The highest BCUT2D eigenvalue weighted by Gasteiger charge is 2.34. The summed E-state index contributed by atoms with van der Waals surface area (Å²) in [7, 11) is 0. The van der Waals surface area contributed by atoms with Crippen molar-refractivity contribution in [3.8, 4) is 11.1 Å². The van der Waals surface area contributed by atoms with Crippen LogP contribution in [0.1, 0.15) is 71.0 Å². The first-order valence-electron chi connectivity index (χ1n) is 11.9. The van der Waals surface area contributed by atoms with E-state index in [0.29, 0.717) is 29.1 Å². The summed E-state index contributed by atoms with van der Waals surface area (Å²) in [5.74, 6) is -1.56. The third-order valence-electron chi connectivity index (χ3n) is 6.51. The number of nitrogens with zero attached hydrogens (tertiary/aromatic N) is 5. The molecule has 0 unspecified atom stereocenters. The molecule has 2 amide bonds. The Balaban J connectivity index is 1.62. The first kappa shape index (κ1) is 27.2. The summed E-state index contributed by atoms with van der Waals surface area (Å²) >= 11 is 3.97. The predicted molar refractivity (Wildman–Crippen MR) is 140 cm³/mol. The summed E-state index contributed by atoms with van der Waals surface area (Å²) in [4.78, 5) is 29.6. The van der Waals surface area contributed by atoms with Gasteiger partial charge in [0.15, 0.2) is 0 Å². The molecule has 0 atom stereocenters. The Morgan fingerprint density at radius 2 is 1.92 bits per heavy atom. The lowest BCUT2D eigenvalue weighted by Gasteiger charge is -2.12. The Bertz CT molecular complexity index is 1610. The molecule has 206 valence electrons. The van der Waals surface area contributed by atoms with E-state index in [1.807, 2.05) is 6.92 Å². The van der Waals surface area contributed by atoms with Crippen molar-refractivity contribution in [2.24, 2.45) is 5.73 Å². The van der Waals surface area contributed by atoms with E-state index in [2.05, 4.69) is 36.4 Å². The number of aromatic nitrogens is 5. The lowest BCUT2D eigenvalue weighted by atomic mass is 10.0. The van der Waals surface area contributed by atoms with Crippen LogP contribution in [0.15, 0.2) is 16.7 Å². The lowest BCUT2D eigenvalue weighted by molar-refractivity contribution is -0.117. The molecule has 0 aliphatic heterocycles. The van der Waals surface area contributed by atoms with Gasteiger partial charge in [0.25, 0.3) is 18.8 Å². The highest BCUT2D eigenvalue weighted by Crippen LogP contribution is 2.46. The summed E-state index contributed by atoms with van der Waals surface area (Å²) < 4.78 is 57.6. The van der Waals surface area contributed by atoms with Crippen molar-refractivity contribution in [3.05, 3.63) is 44.4 Å². The lowest BCUT2D eigenvalue weighted by Crippen LogP contribution is -2.22. The van der Waals surface area contributed by atoms with Crippen LogP contribution < -0.4 is 11.1 Å². The number of thiophene rings is 1. The fourth-order valence-corrected chi connectivity index (χ4v) is 6.35. The van der Waals surface area contributed by atoms with Crippen molar-refractivity contribution in [3.63, 3.8) is 0 Å². The second kappa shape index (κ2) is 10.3. The van der Waals surface area contributed by atoms with E-state index in [-0.39, 0.29) is 31.2 Å². The number of alkyl halides is 4. The number of amides is 2. The summed E-state index contributed by atoms with van der Waals surface area (Å²) in [5.41, 5.74) is 6.63. The van der Waals surface area contributed by atoms with Gasteiger partial charge in [0.1, 0.15) is 27.6 Å². The van der Waals surface area contributed by atoms with Gasteiger partial charge in [0, 0.05) is 29.1 Å². The van der Waals surface area contributed by atoms with Gasteiger partial charge in [-0.15, -0.1) is 11.3 Å². The number of carbonyl (C=O) groups is 2. The number of fused-ring (bicyclic) bond motifs is 1. The number of halogens is 5. The van der Waals surface area contributed by atoms with Gasteiger partial charge in [-0.1, -0.05) is 0 Å². The van der Waals surface area contributed by atoms with Crippen molar-refractivity contribution in [2.75, 3.05) is 5.32 Å². The Morgan fingerprint density at radius 1 is 1.21 bits per heavy atom. The number of aryl methyl sites for hydroxylation is 1. The van der Waals surface area contributed by atoms with Gasteiger partial charge in [0.2, 0.25) is 5.91 Å². The van der Waals surface area contributed by atoms with Gasteiger partial charge in [-0.2, -0.15) is 10.2 Å². The third kappa shape index (κ3) is 4.93. The summed E-state index contributed by atoms with van der Waals surface area (Å²) in [6, 6.07) is 1.20. The highest BCUT2D eigenvalue weighted by atomic mass is 79.9. The molecule has 5 rings (SSSR count). The number of nitrogens with one attached hydrogen (secondary N) is 1. The van der Waals surface area contributed by atoms with Crippen molar-refractivity contribution < 1.29 is 27.2 Å². The van der Waals surface area contributed by atoms with Gasteiger partial charge in [-0.3, -0.25) is 19.0 Å². The SMILES string of the molecule is CCn1ncc(-c2cc(C(F)F)nc3sc(C(N)=O)c(NC(=O)Cn4nc(C(F)F)c(Br)c4C4CC4)c23)c1C. The zero-order valence-corrected chi connectivity index (χ0v) is 23.0. The fraction of sp³-hybridized carbons (Fsp3) is 0.375. The first-order chi connectivity index (χ1) is 18.5. The zero-order chi connectivity index (χ0) is 28.2. The maximum absolute atomic E-state index is 13.8. The van der Waals surface area contributed by atoms with Gasteiger partial charge >= 0.3 is 0 Å². The first-order valence-corrected chi connectivity index (χ1v) is 13.5. The van der Waals surface area contributed by atoms with Gasteiger partial charge in [-0.25, -0.2) is 22.5 Å². The summed E-state index contributed by atoms with van der Waals surface area (Å²) in [5, 5.41) is 11.1. The molecule has 0 saturated heterocycles. The van der Waals surface area contributed by atoms with Crippen molar-refractivity contribution in [1.29, 1.82) is 0 Å². The predicted octanol–water partition coefficient (Wildman–Crippen LogP) is 5.94. The summed E-state index contributed by atoms with van der Waals surface area (Å²) in [6.45, 7) is 3.76. The van der Waals surface area contributed by atoms with Crippen LogP contribution in [0.4, 0.5) is 23.2 Å². The molecule has 0 spiro atoms. The van der Waals surface area contributed by atoms with Crippen LogP contribution in [0.3, 0.4) is 0 Å². The molecule has 4 aromatic heterocycles. The van der Waals surface area contributed by atoms with Crippen LogP contribution in [0, 0.1) is 6.92 Å². The van der Waals surface area contributed by atoms with Gasteiger partial charge in [-0.05, 0) is 54.2 Å². The standard InChI is InChI=1S/C24H22BrF4N7O2S/c1-3-35-9(2)12(7-31-35)11-6-13(21(26)27)32-24-15(11)17(20(39-24)23(30)38)33-14(37)8-36-19(10-4-5-10)16(25)18(34-36)22(28)29/h6-7,10,21-22H,3-5,8H2,1-2H3,(H2,30,38)(H,33,37). The number of anilines is 1. The minimum absolute atomic E-state index is 0.00279. The van der Waals surface area contributed by atoms with E-state index in [0.717, 1.165) is 24.2 Å². The topological polar surface area (TPSA) is 121 Å². The largest absolute Gasteiger partial charge is 0.365 e. The molecule has 1 fully saturated rings. The van der Waals surface area contributed by atoms with E-state index < -0.39 is 42.6 Å². The average Bonchev–Trinajstić information content (AvgIpc) is 3.42. The van der Waals surface area contributed by atoms with Crippen LogP contribution in [0.5, 0.6) is 0 Å². The Labute approximate surface area is 231 Å². The van der Waals surface area contributed by atoms with E-state index in [9.17, 15) is 27.2 Å². The number of hydrogen-bond donors (Lipinski definition) is 2. The quantitative estimate of drug-likeness (QED) is 0.223. The van der Waals surface area contributed by atoms with Crippen LogP contribution in [0.25, 0.3) is 21.3 Å². The molecule has 0 radical (unpaired) electrons. The number of primary amides is 1. The van der Waals surface area contributed by atoms with Crippen molar-refractivity contribution in [1.82, 2.24) is 24.5 Å². The van der Waals surface area contributed by atoms with Crippen LogP contribution in [-0.4, -0.2) is 36.4 Å².